The Bertz CT molecular complexity index is 1370. The molecule has 0 radical (unpaired) electrons. The van der Waals surface area contributed by atoms with Crippen LogP contribution >= 0.6 is 0 Å². The molecule has 144 valence electrons. The highest BCUT2D eigenvalue weighted by atomic mass is 32.2. The van der Waals surface area contributed by atoms with Gasteiger partial charge in [0, 0.05) is 11.3 Å². The molecular formula is C19H15N7O2S. The number of nitrogens with zero attached hydrogens (tertiary/aromatic N) is 4. The molecular weight excluding hydrogens is 390 g/mol. The topological polar surface area (TPSA) is 150 Å². The minimum absolute atomic E-state index is 0.0588. The van der Waals surface area contributed by atoms with Crippen LogP contribution in [0.1, 0.15) is 11.1 Å². The average Bonchev–Trinajstić information content (AvgIpc) is 3.08. The fourth-order valence-electron chi connectivity index (χ4n) is 2.82. The number of anilines is 2. The van der Waals surface area contributed by atoms with E-state index in [1.165, 1.54) is 12.1 Å². The second kappa shape index (κ2) is 6.88. The first kappa shape index (κ1) is 18.4. The summed E-state index contributed by atoms with van der Waals surface area (Å²) in [7, 11) is -3.91. The summed E-state index contributed by atoms with van der Waals surface area (Å²) in [5, 5.41) is 15.8. The average molecular weight is 405 g/mol. The number of H-pyrrole nitrogens is 1. The number of benzene rings is 2. The third kappa shape index (κ3) is 3.46. The van der Waals surface area contributed by atoms with Crippen LogP contribution in [0.4, 0.5) is 11.5 Å². The molecule has 9 nitrogen and oxygen atoms in total. The molecule has 0 atom stereocenters. The highest BCUT2D eigenvalue weighted by Crippen LogP contribution is 2.24. The van der Waals surface area contributed by atoms with Crippen molar-refractivity contribution in [1.29, 1.82) is 5.26 Å². The number of nitrogen functional groups attached to an aromatic ring is 1. The lowest BCUT2D eigenvalue weighted by Crippen LogP contribution is -2.14. The summed E-state index contributed by atoms with van der Waals surface area (Å²) in [6.45, 7) is 1.76. The number of hydrogen-bond acceptors (Lipinski definition) is 7. The summed E-state index contributed by atoms with van der Waals surface area (Å²) in [6.07, 6.45) is 1.57. The van der Waals surface area contributed by atoms with Crippen LogP contribution < -0.4 is 10.5 Å². The van der Waals surface area contributed by atoms with Crippen LogP contribution in [0.25, 0.3) is 22.4 Å². The van der Waals surface area contributed by atoms with Gasteiger partial charge in [-0.25, -0.2) is 18.4 Å². The van der Waals surface area contributed by atoms with Gasteiger partial charge in [0.05, 0.1) is 17.5 Å². The number of sulfonamides is 1. The van der Waals surface area contributed by atoms with Gasteiger partial charge in [-0.1, -0.05) is 18.2 Å². The fourth-order valence-corrected chi connectivity index (χ4v) is 4.12. The number of nitrogens with two attached hydrogens (primary N) is 1. The molecule has 0 amide bonds. The molecule has 0 fully saturated rings. The molecule has 0 aliphatic carbocycles. The van der Waals surface area contributed by atoms with Crippen molar-refractivity contribution in [2.75, 3.05) is 10.5 Å². The van der Waals surface area contributed by atoms with Gasteiger partial charge in [0.25, 0.3) is 10.0 Å². The molecule has 0 aliphatic rings. The normalized spacial score (nSPS) is 11.3. The van der Waals surface area contributed by atoms with E-state index in [4.69, 9.17) is 5.73 Å². The second-order valence-electron chi connectivity index (χ2n) is 6.36. The van der Waals surface area contributed by atoms with E-state index in [1.807, 2.05) is 6.07 Å². The van der Waals surface area contributed by atoms with Gasteiger partial charge >= 0.3 is 0 Å². The van der Waals surface area contributed by atoms with Crippen molar-refractivity contribution in [1.82, 2.24) is 20.2 Å². The predicted molar refractivity (Wildman–Crippen MR) is 108 cm³/mol. The van der Waals surface area contributed by atoms with Gasteiger partial charge in [0.2, 0.25) is 5.65 Å². The molecule has 0 aliphatic heterocycles. The van der Waals surface area contributed by atoms with E-state index in [9.17, 15) is 13.7 Å². The van der Waals surface area contributed by atoms with Gasteiger partial charge in [-0.05, 0) is 36.8 Å². The molecule has 4 aromatic rings. The summed E-state index contributed by atoms with van der Waals surface area (Å²) >= 11 is 0. The van der Waals surface area contributed by atoms with Crippen molar-refractivity contribution in [3.8, 4) is 17.3 Å². The molecule has 2 aromatic heterocycles. The third-order valence-electron chi connectivity index (χ3n) is 4.27. The van der Waals surface area contributed by atoms with Crippen molar-refractivity contribution < 1.29 is 8.42 Å². The Kier molecular flexibility index (Phi) is 4.37. The van der Waals surface area contributed by atoms with Gasteiger partial charge in [-0.15, -0.1) is 0 Å². The Hall–Kier alpha value is -3.97. The van der Waals surface area contributed by atoms with E-state index in [0.29, 0.717) is 28.4 Å². The van der Waals surface area contributed by atoms with Crippen LogP contribution in [0.2, 0.25) is 0 Å². The first-order valence-electron chi connectivity index (χ1n) is 8.48. The van der Waals surface area contributed by atoms with Crippen molar-refractivity contribution in [3.05, 3.63) is 59.8 Å². The van der Waals surface area contributed by atoms with Crippen LogP contribution in [0.15, 0.2) is 53.6 Å². The molecule has 0 bridgehead atoms. The second-order valence-corrected chi connectivity index (χ2v) is 8.01. The lowest BCUT2D eigenvalue weighted by Gasteiger charge is -2.10. The minimum atomic E-state index is -3.91. The number of nitriles is 1. The zero-order valence-electron chi connectivity index (χ0n) is 15.2. The van der Waals surface area contributed by atoms with Crippen LogP contribution in [0.3, 0.4) is 0 Å². The maximum absolute atomic E-state index is 12.7. The van der Waals surface area contributed by atoms with E-state index >= 15 is 0 Å². The zero-order valence-corrected chi connectivity index (χ0v) is 16.0. The highest BCUT2D eigenvalue weighted by Gasteiger charge is 2.19. The Morgan fingerprint density at radius 2 is 1.93 bits per heavy atom. The Balaban J connectivity index is 1.62. The molecule has 2 heterocycles. The molecule has 0 unspecified atom stereocenters. The monoisotopic (exact) mass is 405 g/mol. The molecule has 4 N–H and O–H groups in total. The van der Waals surface area contributed by atoms with E-state index in [1.54, 1.807) is 43.5 Å². The van der Waals surface area contributed by atoms with Crippen molar-refractivity contribution >= 4 is 32.7 Å². The Morgan fingerprint density at radius 1 is 1.17 bits per heavy atom. The van der Waals surface area contributed by atoms with Crippen molar-refractivity contribution in [2.24, 2.45) is 0 Å². The van der Waals surface area contributed by atoms with Gasteiger partial charge in [0.15, 0.2) is 5.52 Å². The van der Waals surface area contributed by atoms with Gasteiger partial charge in [-0.3, -0.25) is 9.82 Å². The van der Waals surface area contributed by atoms with Gasteiger partial charge in [0.1, 0.15) is 16.8 Å². The van der Waals surface area contributed by atoms with Crippen LogP contribution in [0, 0.1) is 18.3 Å². The van der Waals surface area contributed by atoms with Gasteiger partial charge < -0.3 is 5.73 Å². The molecule has 29 heavy (non-hydrogen) atoms. The van der Waals surface area contributed by atoms with Crippen LogP contribution in [-0.2, 0) is 10.0 Å². The maximum Gasteiger partial charge on any atom is 0.263 e. The summed E-state index contributed by atoms with van der Waals surface area (Å²) in [6, 6.07) is 13.2. The summed E-state index contributed by atoms with van der Waals surface area (Å²) in [5.74, 6) is 0.344. The quantitative estimate of drug-likeness (QED) is 0.472. The zero-order chi connectivity index (χ0) is 20.6. The van der Waals surface area contributed by atoms with E-state index in [2.05, 4.69) is 24.9 Å². The smallest absolute Gasteiger partial charge is 0.263 e. The van der Waals surface area contributed by atoms with E-state index in [0.717, 1.165) is 11.1 Å². The molecule has 0 saturated carbocycles. The minimum Gasteiger partial charge on any atom is -0.382 e. The summed E-state index contributed by atoms with van der Waals surface area (Å²) in [4.78, 5) is 8.57. The van der Waals surface area contributed by atoms with Crippen molar-refractivity contribution in [3.63, 3.8) is 0 Å². The molecule has 0 saturated heterocycles. The lowest BCUT2D eigenvalue weighted by molar-refractivity contribution is 0.601. The number of aromatic amines is 1. The number of aromatic nitrogens is 4. The molecule has 4 rings (SSSR count). The first-order chi connectivity index (χ1) is 13.9. The van der Waals surface area contributed by atoms with Crippen LogP contribution in [0.5, 0.6) is 0 Å². The highest BCUT2D eigenvalue weighted by molar-refractivity contribution is 7.92. The summed E-state index contributed by atoms with van der Waals surface area (Å²) < 4.78 is 28.0. The molecule has 10 heteroatoms. The maximum atomic E-state index is 12.7. The summed E-state index contributed by atoms with van der Waals surface area (Å²) in [5.41, 5.74) is 9.10. The number of hydrogen-bond donors (Lipinski definition) is 3. The molecule has 2 aromatic carbocycles. The Morgan fingerprint density at radius 3 is 2.66 bits per heavy atom. The largest absolute Gasteiger partial charge is 0.382 e. The lowest BCUT2D eigenvalue weighted by atomic mass is 10.1. The molecule has 0 spiro atoms. The van der Waals surface area contributed by atoms with Crippen LogP contribution in [-0.4, -0.2) is 28.6 Å². The van der Waals surface area contributed by atoms with Crippen molar-refractivity contribution in [2.45, 2.75) is 11.8 Å². The van der Waals surface area contributed by atoms with E-state index < -0.39 is 10.0 Å². The third-order valence-corrected chi connectivity index (χ3v) is 5.69. The number of fused-ring (bicyclic) bond motifs is 1. The standard InChI is InChI=1S/C19H15N7O2S/c1-11-2-3-13(9-20)16(8-11)29(27,28)26-14-6-4-12(5-7-14)15-10-22-17-18(21)24-25-19(17)23-15/h2-8,10,26H,1H3,(H3,21,23,24,25). The number of rotatable bonds is 4. The number of nitrogens with one attached hydrogen (secondary N) is 2. The van der Waals surface area contributed by atoms with E-state index in [-0.39, 0.29) is 10.5 Å². The predicted octanol–water partition coefficient (Wildman–Crippen LogP) is 2.58. The fraction of sp³-hybridized carbons (Fsp3) is 0.0526. The Labute approximate surface area is 166 Å². The first-order valence-corrected chi connectivity index (χ1v) is 9.96. The van der Waals surface area contributed by atoms with Gasteiger partial charge in [-0.2, -0.15) is 10.4 Å². The number of aryl methyl sites for hydroxylation is 1. The SMILES string of the molecule is Cc1ccc(C#N)c(S(=O)(=O)Nc2ccc(-c3cnc4c(N)[nH]nc4n3)cc2)c1.